The third-order valence-corrected chi connectivity index (χ3v) is 2.76. The molecule has 1 heterocycles. The predicted molar refractivity (Wildman–Crippen MR) is 77.2 cm³/mol. The fraction of sp³-hybridized carbons (Fsp3) is 0.571. The van der Waals surface area contributed by atoms with E-state index >= 15 is 0 Å². The number of carbonyl (C=O) groups excluding carboxylic acids is 2. The quantitative estimate of drug-likeness (QED) is 0.702. The Bertz CT molecular complexity index is 505. The van der Waals surface area contributed by atoms with Crippen molar-refractivity contribution in [2.45, 2.75) is 27.2 Å². The van der Waals surface area contributed by atoms with E-state index < -0.39 is 5.97 Å². The molecule has 0 radical (unpaired) electrons. The molecule has 0 N–H and O–H groups in total. The Kier molecular flexibility index (Phi) is 6.58. The normalized spacial score (nSPS) is 10.1. The van der Waals surface area contributed by atoms with Gasteiger partial charge in [-0.2, -0.15) is 0 Å². The smallest absolute Gasteiger partial charge is 0.341 e. The largest absolute Gasteiger partial charge is 0.466 e. The summed E-state index contributed by atoms with van der Waals surface area (Å²) in [6, 6.07) is 0. The first-order chi connectivity index (χ1) is 9.99. The summed E-state index contributed by atoms with van der Waals surface area (Å²) in [5.41, 5.74) is 0.890. The second-order valence-electron chi connectivity index (χ2n) is 4.37. The van der Waals surface area contributed by atoms with Crippen LogP contribution in [0.1, 0.15) is 36.3 Å². The Labute approximate surface area is 124 Å². The molecule has 0 aliphatic rings. The molecular weight excluding hydrogens is 274 g/mol. The molecule has 0 saturated heterocycles. The van der Waals surface area contributed by atoms with E-state index in [1.165, 1.54) is 6.20 Å². The van der Waals surface area contributed by atoms with Gasteiger partial charge in [0.1, 0.15) is 0 Å². The van der Waals surface area contributed by atoms with Crippen LogP contribution in [0.4, 0.5) is 5.95 Å². The van der Waals surface area contributed by atoms with Crippen LogP contribution >= 0.6 is 0 Å². The van der Waals surface area contributed by atoms with Crippen molar-refractivity contribution >= 4 is 17.9 Å². The van der Waals surface area contributed by atoms with Gasteiger partial charge in [0, 0.05) is 19.8 Å². The Morgan fingerprint density at radius 1 is 1.24 bits per heavy atom. The van der Waals surface area contributed by atoms with E-state index in [1.54, 1.807) is 32.7 Å². The van der Waals surface area contributed by atoms with Gasteiger partial charge in [-0.15, -0.1) is 0 Å². The highest BCUT2D eigenvalue weighted by atomic mass is 16.5. The van der Waals surface area contributed by atoms with E-state index in [2.05, 4.69) is 9.97 Å². The number of hydrogen-bond acceptors (Lipinski definition) is 7. The maximum absolute atomic E-state index is 11.7. The summed E-state index contributed by atoms with van der Waals surface area (Å²) in [6.07, 6.45) is 1.70. The number of nitrogens with zero attached hydrogens (tertiary/aromatic N) is 3. The van der Waals surface area contributed by atoms with Gasteiger partial charge in [-0.1, -0.05) is 0 Å². The van der Waals surface area contributed by atoms with Crippen LogP contribution in [-0.4, -0.2) is 48.7 Å². The molecule has 0 spiro atoms. The highest BCUT2D eigenvalue weighted by Gasteiger charge is 2.15. The molecule has 0 amide bonds. The second kappa shape index (κ2) is 8.18. The van der Waals surface area contributed by atoms with Crippen molar-refractivity contribution in [1.82, 2.24) is 9.97 Å². The number of rotatable bonds is 7. The number of anilines is 1. The molecule has 7 heteroatoms. The van der Waals surface area contributed by atoms with Crippen LogP contribution in [0.15, 0.2) is 6.20 Å². The van der Waals surface area contributed by atoms with E-state index in [0.717, 1.165) is 0 Å². The first kappa shape index (κ1) is 16.9. The van der Waals surface area contributed by atoms with Gasteiger partial charge in [-0.05, 0) is 20.8 Å². The molecule has 0 unspecified atom stereocenters. The van der Waals surface area contributed by atoms with Crippen molar-refractivity contribution in [3.05, 3.63) is 17.5 Å². The maximum atomic E-state index is 11.7. The number of hydrogen-bond donors (Lipinski definition) is 0. The van der Waals surface area contributed by atoms with Gasteiger partial charge < -0.3 is 14.4 Å². The van der Waals surface area contributed by atoms with Crippen molar-refractivity contribution in [2.24, 2.45) is 0 Å². The summed E-state index contributed by atoms with van der Waals surface area (Å²) in [5.74, 6) is -0.246. The molecule has 0 fully saturated rings. The average Bonchev–Trinajstić information content (AvgIpc) is 2.45. The second-order valence-corrected chi connectivity index (χ2v) is 4.37. The van der Waals surface area contributed by atoms with Gasteiger partial charge in [-0.25, -0.2) is 14.8 Å². The van der Waals surface area contributed by atoms with Crippen LogP contribution < -0.4 is 4.90 Å². The van der Waals surface area contributed by atoms with Crippen LogP contribution in [0.25, 0.3) is 0 Å². The summed E-state index contributed by atoms with van der Waals surface area (Å²) in [5, 5.41) is 0. The molecule has 0 bridgehead atoms. The lowest BCUT2D eigenvalue weighted by Gasteiger charge is -2.17. The van der Waals surface area contributed by atoms with Crippen molar-refractivity contribution < 1.29 is 19.1 Å². The number of carbonyl (C=O) groups is 2. The summed E-state index contributed by atoms with van der Waals surface area (Å²) in [4.78, 5) is 33.1. The molecule has 7 nitrogen and oxygen atoms in total. The molecule has 1 rings (SSSR count). The molecule has 0 aromatic carbocycles. The molecule has 1 aromatic rings. The van der Waals surface area contributed by atoms with Crippen molar-refractivity contribution in [2.75, 3.05) is 31.7 Å². The highest BCUT2D eigenvalue weighted by molar-refractivity contribution is 5.90. The Morgan fingerprint density at radius 3 is 2.48 bits per heavy atom. The highest BCUT2D eigenvalue weighted by Crippen LogP contribution is 2.11. The zero-order valence-corrected chi connectivity index (χ0v) is 12.9. The Morgan fingerprint density at radius 2 is 1.90 bits per heavy atom. The zero-order valence-electron chi connectivity index (χ0n) is 12.9. The lowest BCUT2D eigenvalue weighted by Crippen LogP contribution is -2.24. The predicted octanol–water partition coefficient (Wildman–Crippen LogP) is 1.35. The number of aryl methyl sites for hydroxylation is 1. The summed E-state index contributed by atoms with van der Waals surface area (Å²) >= 11 is 0. The fourth-order valence-electron chi connectivity index (χ4n) is 1.64. The van der Waals surface area contributed by atoms with Gasteiger partial charge in [-0.3, -0.25) is 4.79 Å². The Hall–Kier alpha value is -2.18. The Balaban J connectivity index is 2.69. The van der Waals surface area contributed by atoms with Gasteiger partial charge in [0.05, 0.1) is 30.9 Å². The third-order valence-electron chi connectivity index (χ3n) is 2.76. The molecular formula is C14H21N3O4. The number of aromatic nitrogens is 2. The van der Waals surface area contributed by atoms with Gasteiger partial charge in [0.2, 0.25) is 5.95 Å². The van der Waals surface area contributed by atoms with E-state index in [4.69, 9.17) is 9.47 Å². The monoisotopic (exact) mass is 295 g/mol. The van der Waals surface area contributed by atoms with E-state index in [1.807, 2.05) is 0 Å². The molecule has 1 aromatic heterocycles. The topological polar surface area (TPSA) is 81.6 Å². The molecule has 0 saturated carbocycles. The van der Waals surface area contributed by atoms with Gasteiger partial charge >= 0.3 is 11.9 Å². The fourth-order valence-corrected chi connectivity index (χ4v) is 1.64. The lowest BCUT2D eigenvalue weighted by atomic mass is 10.2. The van der Waals surface area contributed by atoms with Crippen molar-refractivity contribution in [1.29, 1.82) is 0 Å². The zero-order chi connectivity index (χ0) is 15.8. The summed E-state index contributed by atoms with van der Waals surface area (Å²) < 4.78 is 9.78. The maximum Gasteiger partial charge on any atom is 0.341 e. The van der Waals surface area contributed by atoms with Crippen LogP contribution in [0.3, 0.4) is 0 Å². The van der Waals surface area contributed by atoms with Crippen molar-refractivity contribution in [3.8, 4) is 0 Å². The van der Waals surface area contributed by atoms with Crippen LogP contribution in [0.2, 0.25) is 0 Å². The molecule has 21 heavy (non-hydrogen) atoms. The first-order valence-electron chi connectivity index (χ1n) is 6.87. The molecule has 0 aliphatic carbocycles. The van der Waals surface area contributed by atoms with Crippen LogP contribution in [0.5, 0.6) is 0 Å². The summed E-state index contributed by atoms with van der Waals surface area (Å²) in [6.45, 7) is 6.34. The SMILES string of the molecule is CCOC(=O)CCN(C)c1ncc(C(=O)OCC)c(C)n1. The first-order valence-corrected chi connectivity index (χ1v) is 6.87. The lowest BCUT2D eigenvalue weighted by molar-refractivity contribution is -0.142. The average molecular weight is 295 g/mol. The third kappa shape index (κ3) is 5.02. The summed E-state index contributed by atoms with van der Waals surface area (Å²) in [7, 11) is 1.78. The molecule has 0 aliphatic heterocycles. The van der Waals surface area contributed by atoms with Crippen LogP contribution in [-0.2, 0) is 14.3 Å². The number of ether oxygens (including phenoxy) is 2. The van der Waals surface area contributed by atoms with E-state index in [-0.39, 0.29) is 12.4 Å². The number of esters is 2. The van der Waals surface area contributed by atoms with Crippen molar-refractivity contribution in [3.63, 3.8) is 0 Å². The van der Waals surface area contributed by atoms with E-state index in [9.17, 15) is 9.59 Å². The molecule has 0 atom stereocenters. The minimum Gasteiger partial charge on any atom is -0.466 e. The standard InChI is InChI=1S/C14H21N3O4/c1-5-20-12(18)7-8-17(4)14-15-9-11(10(3)16-14)13(19)21-6-2/h9H,5-8H2,1-4H3. The van der Waals surface area contributed by atoms with Gasteiger partial charge in [0.15, 0.2) is 0 Å². The minimum absolute atomic E-state index is 0.256. The molecule has 116 valence electrons. The minimum atomic E-state index is -0.435. The van der Waals surface area contributed by atoms with Gasteiger partial charge in [0.25, 0.3) is 0 Å². The van der Waals surface area contributed by atoms with Crippen LogP contribution in [0, 0.1) is 6.92 Å². The van der Waals surface area contributed by atoms with E-state index in [0.29, 0.717) is 37.0 Å².